The molecule has 1 heterocycles. The Morgan fingerprint density at radius 1 is 0.962 bits per heavy atom. The molecule has 0 radical (unpaired) electrons. The van der Waals surface area contributed by atoms with Gasteiger partial charge in [0.25, 0.3) is 0 Å². The number of rotatable bonds is 5. The Bertz CT molecular complexity index is 941. The van der Waals surface area contributed by atoms with E-state index in [1.54, 1.807) is 18.2 Å². The Labute approximate surface area is 152 Å². The number of aromatic nitrogens is 2. The van der Waals surface area contributed by atoms with Crippen LogP contribution in [0.25, 0.3) is 0 Å². The maximum Gasteiger partial charge on any atom is 0.337 e. The molecule has 0 atom stereocenters. The van der Waals surface area contributed by atoms with E-state index >= 15 is 0 Å². The van der Waals surface area contributed by atoms with Crippen LogP contribution in [-0.4, -0.2) is 23.0 Å². The van der Waals surface area contributed by atoms with E-state index in [4.69, 9.17) is 4.74 Å². The molecule has 3 rings (SSSR count). The fraction of sp³-hybridized carbons (Fsp3) is 0.150. The molecule has 2 aromatic carbocycles. The number of hydrogen-bond acceptors (Lipinski definition) is 6. The molecule has 26 heavy (non-hydrogen) atoms. The van der Waals surface area contributed by atoms with Crippen LogP contribution in [-0.2, 0) is 4.74 Å². The Morgan fingerprint density at radius 3 is 2.54 bits per heavy atom. The highest BCUT2D eigenvalue weighted by Gasteiger charge is 2.08. The number of methoxy groups -OCH3 is 1. The van der Waals surface area contributed by atoms with Crippen molar-refractivity contribution in [1.82, 2.24) is 9.97 Å². The van der Waals surface area contributed by atoms with Gasteiger partial charge in [0.1, 0.15) is 5.82 Å². The molecular weight excluding hydrogens is 328 g/mol. The second-order valence-electron chi connectivity index (χ2n) is 5.86. The largest absolute Gasteiger partial charge is 0.465 e. The van der Waals surface area contributed by atoms with Gasteiger partial charge in [-0.1, -0.05) is 24.3 Å². The molecule has 132 valence electrons. The number of ether oxygens (including phenoxy) is 1. The molecule has 0 amide bonds. The van der Waals surface area contributed by atoms with Crippen molar-refractivity contribution in [2.24, 2.45) is 0 Å². The monoisotopic (exact) mass is 348 g/mol. The third-order valence-corrected chi connectivity index (χ3v) is 3.80. The van der Waals surface area contributed by atoms with Crippen molar-refractivity contribution in [3.05, 3.63) is 71.4 Å². The number of carbonyl (C=O) groups is 1. The number of aryl methyl sites for hydroxylation is 2. The first-order valence-electron chi connectivity index (χ1n) is 8.19. The van der Waals surface area contributed by atoms with Gasteiger partial charge in [0.15, 0.2) is 0 Å². The molecule has 0 spiro atoms. The van der Waals surface area contributed by atoms with Crippen molar-refractivity contribution in [3.63, 3.8) is 0 Å². The van der Waals surface area contributed by atoms with Crippen molar-refractivity contribution in [3.8, 4) is 0 Å². The molecule has 3 aromatic rings. The lowest BCUT2D eigenvalue weighted by atomic mass is 10.2. The Hall–Kier alpha value is -3.41. The Balaban J connectivity index is 1.84. The normalized spacial score (nSPS) is 10.3. The quantitative estimate of drug-likeness (QED) is 0.667. The van der Waals surface area contributed by atoms with E-state index in [0.717, 1.165) is 22.6 Å². The minimum Gasteiger partial charge on any atom is -0.465 e. The van der Waals surface area contributed by atoms with Crippen LogP contribution in [0.3, 0.4) is 0 Å². The summed E-state index contributed by atoms with van der Waals surface area (Å²) in [5, 5.41) is 6.45. The smallest absolute Gasteiger partial charge is 0.337 e. The van der Waals surface area contributed by atoms with E-state index in [9.17, 15) is 4.79 Å². The van der Waals surface area contributed by atoms with E-state index in [1.807, 2.05) is 50.2 Å². The summed E-state index contributed by atoms with van der Waals surface area (Å²) in [5.41, 5.74) is 4.10. The van der Waals surface area contributed by atoms with Gasteiger partial charge in [0, 0.05) is 23.1 Å². The third kappa shape index (κ3) is 4.16. The zero-order valence-electron chi connectivity index (χ0n) is 14.9. The van der Waals surface area contributed by atoms with Crippen LogP contribution in [0.2, 0.25) is 0 Å². The van der Waals surface area contributed by atoms with Gasteiger partial charge in [-0.15, -0.1) is 0 Å². The standard InChI is InChI=1S/C20H20N4O2/c1-13-7-4-5-10-17(13)23-20-21-14(2)11-18(24-20)22-16-9-6-8-15(12-16)19(25)26-3/h4-12H,1-3H3,(H2,21,22,23,24). The maximum atomic E-state index is 11.7. The molecule has 2 N–H and O–H groups in total. The lowest BCUT2D eigenvalue weighted by Crippen LogP contribution is -2.04. The maximum absolute atomic E-state index is 11.7. The van der Waals surface area contributed by atoms with E-state index in [-0.39, 0.29) is 5.97 Å². The van der Waals surface area contributed by atoms with Crippen molar-refractivity contribution in [1.29, 1.82) is 0 Å². The van der Waals surface area contributed by atoms with Crippen LogP contribution < -0.4 is 10.6 Å². The summed E-state index contributed by atoms with van der Waals surface area (Å²) in [4.78, 5) is 20.6. The summed E-state index contributed by atoms with van der Waals surface area (Å²) in [6.07, 6.45) is 0. The summed E-state index contributed by atoms with van der Waals surface area (Å²) < 4.78 is 4.75. The molecule has 0 aliphatic rings. The van der Waals surface area contributed by atoms with Crippen LogP contribution in [0, 0.1) is 13.8 Å². The lowest BCUT2D eigenvalue weighted by Gasteiger charge is -2.12. The molecular formula is C20H20N4O2. The van der Waals surface area contributed by atoms with Gasteiger partial charge in [-0.3, -0.25) is 0 Å². The second-order valence-corrected chi connectivity index (χ2v) is 5.86. The van der Waals surface area contributed by atoms with Crippen LogP contribution in [0.1, 0.15) is 21.6 Å². The number of esters is 1. The molecule has 6 heteroatoms. The molecule has 0 aliphatic carbocycles. The van der Waals surface area contributed by atoms with Crippen molar-refractivity contribution in [2.75, 3.05) is 17.7 Å². The van der Waals surface area contributed by atoms with Crippen molar-refractivity contribution >= 4 is 29.1 Å². The van der Waals surface area contributed by atoms with Crippen molar-refractivity contribution in [2.45, 2.75) is 13.8 Å². The molecule has 0 saturated carbocycles. The second kappa shape index (κ2) is 7.65. The van der Waals surface area contributed by atoms with Crippen molar-refractivity contribution < 1.29 is 9.53 Å². The first-order valence-corrected chi connectivity index (χ1v) is 8.19. The average Bonchev–Trinajstić information content (AvgIpc) is 2.63. The molecule has 0 aliphatic heterocycles. The van der Waals surface area contributed by atoms with Crippen LogP contribution in [0.4, 0.5) is 23.1 Å². The molecule has 0 bridgehead atoms. The number of nitrogens with one attached hydrogen (secondary N) is 2. The van der Waals surface area contributed by atoms with Gasteiger partial charge in [-0.2, -0.15) is 4.98 Å². The van der Waals surface area contributed by atoms with Crippen LogP contribution in [0.5, 0.6) is 0 Å². The van der Waals surface area contributed by atoms with Gasteiger partial charge < -0.3 is 15.4 Å². The Morgan fingerprint density at radius 2 is 1.77 bits per heavy atom. The molecule has 0 unspecified atom stereocenters. The predicted octanol–water partition coefficient (Wildman–Crippen LogP) is 4.37. The minimum absolute atomic E-state index is 0.380. The molecule has 1 aromatic heterocycles. The average molecular weight is 348 g/mol. The van der Waals surface area contributed by atoms with E-state index in [1.165, 1.54) is 7.11 Å². The van der Waals surface area contributed by atoms with E-state index < -0.39 is 0 Å². The number of benzene rings is 2. The summed E-state index contributed by atoms with van der Waals surface area (Å²) in [5.74, 6) is 0.760. The van der Waals surface area contributed by atoms with Gasteiger partial charge >= 0.3 is 5.97 Å². The highest BCUT2D eigenvalue weighted by Crippen LogP contribution is 2.21. The third-order valence-electron chi connectivity index (χ3n) is 3.80. The molecule has 0 fully saturated rings. The number of hydrogen-bond donors (Lipinski definition) is 2. The zero-order chi connectivity index (χ0) is 18.5. The summed E-state index contributed by atoms with van der Waals surface area (Å²) >= 11 is 0. The van der Waals surface area contributed by atoms with E-state index in [0.29, 0.717) is 17.3 Å². The number of carbonyl (C=O) groups excluding carboxylic acids is 1. The minimum atomic E-state index is -0.380. The Kier molecular flexibility index (Phi) is 5.12. The first kappa shape index (κ1) is 17.4. The number of para-hydroxylation sites is 1. The SMILES string of the molecule is COC(=O)c1cccc(Nc2cc(C)nc(Nc3ccccc3C)n2)c1. The van der Waals surface area contributed by atoms with E-state index in [2.05, 4.69) is 20.6 Å². The van der Waals surface area contributed by atoms with Crippen LogP contribution in [0.15, 0.2) is 54.6 Å². The highest BCUT2D eigenvalue weighted by molar-refractivity contribution is 5.90. The number of nitrogens with zero attached hydrogens (tertiary/aromatic N) is 2. The summed E-state index contributed by atoms with van der Waals surface area (Å²) in [7, 11) is 1.36. The fourth-order valence-electron chi connectivity index (χ4n) is 2.51. The topological polar surface area (TPSA) is 76.1 Å². The van der Waals surface area contributed by atoms with Gasteiger partial charge in [-0.25, -0.2) is 9.78 Å². The number of anilines is 4. The zero-order valence-corrected chi connectivity index (χ0v) is 14.9. The summed E-state index contributed by atoms with van der Waals surface area (Å²) in [6.45, 7) is 3.93. The summed E-state index contributed by atoms with van der Waals surface area (Å²) in [6, 6.07) is 16.9. The van der Waals surface area contributed by atoms with Gasteiger partial charge in [-0.05, 0) is 43.7 Å². The van der Waals surface area contributed by atoms with Gasteiger partial charge in [0.05, 0.1) is 12.7 Å². The molecule has 6 nitrogen and oxygen atoms in total. The van der Waals surface area contributed by atoms with Crippen LogP contribution >= 0.6 is 0 Å². The first-order chi connectivity index (χ1) is 12.5. The fourth-order valence-corrected chi connectivity index (χ4v) is 2.51. The lowest BCUT2D eigenvalue weighted by molar-refractivity contribution is 0.0601. The molecule has 0 saturated heterocycles. The van der Waals surface area contributed by atoms with Gasteiger partial charge in [0.2, 0.25) is 5.95 Å². The highest BCUT2D eigenvalue weighted by atomic mass is 16.5. The predicted molar refractivity (Wildman–Crippen MR) is 102 cm³/mol.